The third kappa shape index (κ3) is 5.24. The summed E-state index contributed by atoms with van der Waals surface area (Å²) in [5.74, 6) is -0.156. The van der Waals surface area contributed by atoms with Gasteiger partial charge in [0.25, 0.3) is 0 Å². The van der Waals surface area contributed by atoms with E-state index in [1.807, 2.05) is 35.7 Å². The summed E-state index contributed by atoms with van der Waals surface area (Å²) >= 11 is 3.17. The summed E-state index contributed by atoms with van der Waals surface area (Å²) < 4.78 is 20.6. The second kappa shape index (κ2) is 11.5. The van der Waals surface area contributed by atoms with Crippen molar-refractivity contribution < 1.29 is 18.7 Å². The molecular weight excluding hydrogens is 523 g/mol. The number of anilines is 1. The lowest BCUT2D eigenvalue weighted by Gasteiger charge is -2.23. The first kappa shape index (κ1) is 26.1. The molecule has 10 heteroatoms. The smallest absolute Gasteiger partial charge is 0.240 e. The zero-order chi connectivity index (χ0) is 26.6. The van der Waals surface area contributed by atoms with Gasteiger partial charge in [0.15, 0.2) is 0 Å². The average Bonchev–Trinajstić information content (AvgIpc) is 3.49. The number of benzene rings is 2. The molecule has 0 saturated carbocycles. The van der Waals surface area contributed by atoms with Gasteiger partial charge in [-0.1, -0.05) is 30.3 Å². The van der Waals surface area contributed by atoms with Crippen LogP contribution in [0.2, 0.25) is 0 Å². The van der Waals surface area contributed by atoms with Gasteiger partial charge in [0, 0.05) is 29.7 Å². The molecule has 0 spiro atoms. The van der Waals surface area contributed by atoms with E-state index in [0.717, 1.165) is 27.3 Å². The number of carbonyl (C=O) groups is 2. The Morgan fingerprint density at radius 3 is 2.61 bits per heavy atom. The molecule has 1 N–H and O–H groups in total. The molecule has 3 heterocycles. The van der Waals surface area contributed by atoms with Gasteiger partial charge in [0.05, 0.1) is 29.0 Å². The van der Waals surface area contributed by atoms with Crippen molar-refractivity contribution in [1.82, 2.24) is 15.1 Å². The zero-order valence-electron chi connectivity index (χ0n) is 21.0. The maximum atomic E-state index is 13.9. The van der Waals surface area contributed by atoms with Gasteiger partial charge < -0.3 is 10.1 Å². The standard InChI is InChI=1S/C28H27FN4O3S2/c1-18-12-15-37-26(18)27-24-25(19-6-4-3-5-7-19)31-33(21-10-8-20(29)9-11-21)28(24)32(23(35)17-38-27)16-22(34)30-13-14-36-2/h3-12,15,27H,13-14,16-17H2,1-2H3,(H,30,34). The highest BCUT2D eigenvalue weighted by atomic mass is 32.2. The molecule has 2 aromatic carbocycles. The van der Waals surface area contributed by atoms with Crippen molar-refractivity contribution in [2.75, 3.05) is 37.5 Å². The van der Waals surface area contributed by atoms with Crippen LogP contribution < -0.4 is 10.2 Å². The second-order valence-electron chi connectivity index (χ2n) is 8.82. The van der Waals surface area contributed by atoms with E-state index in [1.165, 1.54) is 28.8 Å². The highest BCUT2D eigenvalue weighted by Crippen LogP contribution is 2.50. The number of rotatable bonds is 8. The number of aryl methyl sites for hydroxylation is 1. The Balaban J connectivity index is 1.74. The van der Waals surface area contributed by atoms with E-state index in [2.05, 4.69) is 18.3 Å². The van der Waals surface area contributed by atoms with Gasteiger partial charge in [-0.2, -0.15) is 5.10 Å². The number of methoxy groups -OCH3 is 1. The number of fused-ring (bicyclic) bond motifs is 1. The Labute approximate surface area is 228 Å². The second-order valence-corrected chi connectivity index (χ2v) is 10.9. The molecule has 0 radical (unpaired) electrons. The minimum Gasteiger partial charge on any atom is -0.383 e. The van der Waals surface area contributed by atoms with Gasteiger partial charge in [-0.25, -0.2) is 9.07 Å². The fraction of sp³-hybridized carbons (Fsp3) is 0.250. The van der Waals surface area contributed by atoms with Crippen molar-refractivity contribution in [3.8, 4) is 16.9 Å². The van der Waals surface area contributed by atoms with Gasteiger partial charge in [0.2, 0.25) is 11.8 Å². The Kier molecular flexibility index (Phi) is 7.92. The van der Waals surface area contributed by atoms with E-state index in [1.54, 1.807) is 35.3 Å². The zero-order valence-corrected chi connectivity index (χ0v) is 22.7. The number of nitrogens with zero attached hydrogens (tertiary/aromatic N) is 3. The Hall–Kier alpha value is -3.47. The highest BCUT2D eigenvalue weighted by molar-refractivity contribution is 8.00. The predicted molar refractivity (Wildman–Crippen MR) is 150 cm³/mol. The topological polar surface area (TPSA) is 76.5 Å². The number of hydrogen-bond donors (Lipinski definition) is 1. The Morgan fingerprint density at radius 2 is 1.92 bits per heavy atom. The normalized spacial score (nSPS) is 15.3. The van der Waals surface area contributed by atoms with Gasteiger partial charge >= 0.3 is 0 Å². The number of aromatic nitrogens is 2. The van der Waals surface area contributed by atoms with Crippen molar-refractivity contribution in [2.24, 2.45) is 0 Å². The Bertz CT molecular complexity index is 1440. The van der Waals surface area contributed by atoms with Crippen LogP contribution >= 0.6 is 23.1 Å². The van der Waals surface area contributed by atoms with E-state index >= 15 is 0 Å². The molecule has 5 rings (SSSR count). The van der Waals surface area contributed by atoms with Crippen molar-refractivity contribution >= 4 is 40.7 Å². The summed E-state index contributed by atoms with van der Waals surface area (Å²) in [5.41, 5.74) is 4.19. The van der Waals surface area contributed by atoms with Crippen molar-refractivity contribution in [3.63, 3.8) is 0 Å². The minimum absolute atomic E-state index is 0.173. The molecule has 38 heavy (non-hydrogen) atoms. The molecule has 1 unspecified atom stereocenters. The van der Waals surface area contributed by atoms with Crippen molar-refractivity contribution in [3.05, 3.63) is 87.9 Å². The molecule has 2 amide bonds. The van der Waals surface area contributed by atoms with Gasteiger partial charge in [-0.3, -0.25) is 14.5 Å². The van der Waals surface area contributed by atoms with Gasteiger partial charge in [0.1, 0.15) is 18.2 Å². The number of thioether (sulfide) groups is 1. The summed E-state index contributed by atoms with van der Waals surface area (Å²) in [4.78, 5) is 29.2. The number of carbonyl (C=O) groups excluding carboxylic acids is 2. The predicted octanol–water partition coefficient (Wildman–Crippen LogP) is 4.98. The SMILES string of the molecule is COCCNC(=O)CN1C(=O)CSC(c2sccc2C)c2c(-c3ccccc3)nn(-c3ccc(F)cc3)c21. The molecule has 0 saturated heterocycles. The molecule has 1 aliphatic heterocycles. The summed E-state index contributed by atoms with van der Waals surface area (Å²) in [6.45, 7) is 2.59. The van der Waals surface area contributed by atoms with E-state index in [0.29, 0.717) is 24.7 Å². The summed E-state index contributed by atoms with van der Waals surface area (Å²) in [6, 6.07) is 17.8. The quantitative estimate of drug-likeness (QED) is 0.313. The lowest BCUT2D eigenvalue weighted by Crippen LogP contribution is -2.43. The molecule has 196 valence electrons. The monoisotopic (exact) mass is 550 g/mol. The fourth-order valence-electron chi connectivity index (χ4n) is 4.44. The maximum absolute atomic E-state index is 13.9. The minimum atomic E-state index is -0.372. The van der Waals surface area contributed by atoms with E-state index in [9.17, 15) is 14.0 Å². The van der Waals surface area contributed by atoms with Crippen LogP contribution in [0.25, 0.3) is 16.9 Å². The van der Waals surface area contributed by atoms with Crippen LogP contribution in [0.1, 0.15) is 21.3 Å². The number of ether oxygens (including phenoxy) is 1. The van der Waals surface area contributed by atoms with Crippen LogP contribution in [0.4, 0.5) is 10.2 Å². The van der Waals surface area contributed by atoms with E-state index in [4.69, 9.17) is 9.84 Å². The summed E-state index contributed by atoms with van der Waals surface area (Å²) in [5, 5.41) is 9.68. The lowest BCUT2D eigenvalue weighted by molar-refractivity contribution is -0.123. The first-order valence-corrected chi connectivity index (χ1v) is 14.1. The molecule has 1 atom stereocenters. The molecule has 2 aromatic heterocycles. The molecule has 0 bridgehead atoms. The number of amides is 2. The third-order valence-electron chi connectivity index (χ3n) is 6.28. The molecule has 0 aliphatic carbocycles. The van der Waals surface area contributed by atoms with Crippen LogP contribution in [0.5, 0.6) is 0 Å². The van der Waals surface area contributed by atoms with E-state index in [-0.39, 0.29) is 35.2 Å². The largest absolute Gasteiger partial charge is 0.383 e. The fourth-order valence-corrected chi connectivity index (χ4v) is 6.91. The number of halogens is 1. The van der Waals surface area contributed by atoms with Crippen LogP contribution in [-0.4, -0.2) is 54.2 Å². The van der Waals surface area contributed by atoms with Crippen LogP contribution in [-0.2, 0) is 14.3 Å². The highest BCUT2D eigenvalue weighted by Gasteiger charge is 2.38. The van der Waals surface area contributed by atoms with Crippen molar-refractivity contribution in [2.45, 2.75) is 12.2 Å². The molecule has 0 fully saturated rings. The van der Waals surface area contributed by atoms with Gasteiger partial charge in [-0.05, 0) is 48.2 Å². The number of thiophene rings is 1. The summed E-state index contributed by atoms with van der Waals surface area (Å²) in [6.07, 6.45) is 0. The molecule has 4 aromatic rings. The van der Waals surface area contributed by atoms with Crippen LogP contribution in [0.3, 0.4) is 0 Å². The van der Waals surface area contributed by atoms with Crippen LogP contribution in [0, 0.1) is 12.7 Å². The van der Waals surface area contributed by atoms with Crippen molar-refractivity contribution in [1.29, 1.82) is 0 Å². The van der Waals surface area contributed by atoms with E-state index < -0.39 is 0 Å². The van der Waals surface area contributed by atoms with Gasteiger partial charge in [-0.15, -0.1) is 23.1 Å². The lowest BCUT2D eigenvalue weighted by atomic mass is 10.0. The Morgan fingerprint density at radius 1 is 1.16 bits per heavy atom. The first-order chi connectivity index (χ1) is 18.5. The molecule has 1 aliphatic rings. The first-order valence-electron chi connectivity index (χ1n) is 12.1. The number of nitrogens with one attached hydrogen (secondary N) is 1. The third-order valence-corrected chi connectivity index (χ3v) is 8.73. The molecular formula is C28H27FN4O3S2. The number of hydrogen-bond acceptors (Lipinski definition) is 6. The maximum Gasteiger partial charge on any atom is 0.240 e. The summed E-state index contributed by atoms with van der Waals surface area (Å²) in [7, 11) is 1.56. The molecule has 7 nitrogen and oxygen atoms in total. The van der Waals surface area contributed by atoms with Crippen LogP contribution in [0.15, 0.2) is 66.0 Å². The average molecular weight is 551 g/mol.